The van der Waals surface area contributed by atoms with Gasteiger partial charge in [0.15, 0.2) is 0 Å². The summed E-state index contributed by atoms with van der Waals surface area (Å²) in [4.78, 5) is 4.86. The molecular formula is C43H42N4OPt. The summed E-state index contributed by atoms with van der Waals surface area (Å²) in [6.07, 6.45) is 6.64. The Morgan fingerprint density at radius 2 is 1.59 bits per heavy atom. The standard InChI is InChI=1S/C43H42N4O.Pt/c1-7-8-10-14-31-19-22-39-38(25-31)37-21-20-36(28-40(37)46(39)41-26-33(23-24-44-41)43(4,5)6)48-35-18-13-17-34(27-35)47-30(3)42(29(2)45-47)32-15-11-9-12-16-32;/h9,11-13,15-26H,7-8,10,14H2,1-6H3;/q-2;+2. The molecule has 0 aliphatic heterocycles. The van der Waals surface area contributed by atoms with Crippen molar-refractivity contribution < 1.29 is 25.8 Å². The van der Waals surface area contributed by atoms with Gasteiger partial charge in [-0.2, -0.15) is 17.2 Å². The average molecular weight is 826 g/mol. The largest absolute Gasteiger partial charge is 2.00 e. The second kappa shape index (κ2) is 14.2. The van der Waals surface area contributed by atoms with Crippen molar-refractivity contribution in [1.82, 2.24) is 19.3 Å². The number of aromatic nitrogens is 4. The molecule has 3 heterocycles. The van der Waals surface area contributed by atoms with Crippen LogP contribution in [0, 0.1) is 26.0 Å². The minimum Gasteiger partial charge on any atom is -0.509 e. The fourth-order valence-electron chi connectivity index (χ4n) is 6.65. The van der Waals surface area contributed by atoms with Crippen LogP contribution < -0.4 is 4.74 Å². The second-order valence-corrected chi connectivity index (χ2v) is 13.7. The Kier molecular flexibility index (Phi) is 9.95. The van der Waals surface area contributed by atoms with E-state index in [1.54, 1.807) is 0 Å². The fraction of sp³-hybridized carbons (Fsp3) is 0.256. The number of rotatable bonds is 9. The first-order valence-electron chi connectivity index (χ1n) is 17.0. The Hall–Kier alpha value is -4.47. The fourth-order valence-corrected chi connectivity index (χ4v) is 6.65. The Morgan fingerprint density at radius 3 is 2.37 bits per heavy atom. The smallest absolute Gasteiger partial charge is 0.509 e. The van der Waals surface area contributed by atoms with E-state index >= 15 is 0 Å². The van der Waals surface area contributed by atoms with Crippen LogP contribution in [0.1, 0.15) is 69.5 Å². The SMILES string of the molecule is CCCCCc1ccc2c(c1)c1ccc(Oc3[c-]c(-n4nc(C)c(-c5ccccc5)c4C)ccc3)[c-]c1n2-c1cc(C(C)(C)C)ccn1.[Pt+2]. The van der Waals surface area contributed by atoms with E-state index in [0.717, 1.165) is 56.9 Å². The summed E-state index contributed by atoms with van der Waals surface area (Å²) >= 11 is 0. The van der Waals surface area contributed by atoms with E-state index in [-0.39, 0.29) is 26.5 Å². The van der Waals surface area contributed by atoms with Gasteiger partial charge in [-0.3, -0.25) is 4.68 Å². The molecule has 0 unspecified atom stereocenters. The monoisotopic (exact) mass is 825 g/mol. The third-order valence-electron chi connectivity index (χ3n) is 9.18. The molecule has 0 fully saturated rings. The molecule has 0 radical (unpaired) electrons. The van der Waals surface area contributed by atoms with E-state index in [0.29, 0.717) is 11.5 Å². The van der Waals surface area contributed by atoms with Crippen LogP contribution in [0.4, 0.5) is 0 Å². The number of fused-ring (bicyclic) bond motifs is 3. The first-order valence-corrected chi connectivity index (χ1v) is 17.0. The van der Waals surface area contributed by atoms with Crippen LogP contribution in [0.5, 0.6) is 11.5 Å². The molecule has 0 bridgehead atoms. The van der Waals surface area contributed by atoms with E-state index in [2.05, 4.69) is 119 Å². The molecule has 0 amide bonds. The van der Waals surface area contributed by atoms with Gasteiger partial charge in [-0.25, -0.2) is 4.98 Å². The van der Waals surface area contributed by atoms with Crippen molar-refractivity contribution in [2.75, 3.05) is 0 Å². The second-order valence-electron chi connectivity index (χ2n) is 13.7. The van der Waals surface area contributed by atoms with Crippen molar-refractivity contribution in [3.8, 4) is 34.1 Å². The van der Waals surface area contributed by atoms with Crippen molar-refractivity contribution in [2.45, 2.75) is 72.6 Å². The van der Waals surface area contributed by atoms with E-state index in [1.165, 1.54) is 35.8 Å². The average Bonchev–Trinajstić information content (AvgIpc) is 3.57. The number of hydrogen-bond donors (Lipinski definition) is 0. The first kappa shape index (κ1) is 34.4. The summed E-state index contributed by atoms with van der Waals surface area (Å²) in [5.74, 6) is 2.10. The van der Waals surface area contributed by atoms with E-state index in [9.17, 15) is 0 Å². The van der Waals surface area contributed by atoms with Crippen LogP contribution in [0.3, 0.4) is 0 Å². The molecule has 250 valence electrons. The number of benzene rings is 4. The molecule has 3 aromatic heterocycles. The van der Waals surface area contributed by atoms with E-state index in [4.69, 9.17) is 14.8 Å². The van der Waals surface area contributed by atoms with Crippen molar-refractivity contribution >= 4 is 21.8 Å². The van der Waals surface area contributed by atoms with Crippen LogP contribution in [0.2, 0.25) is 0 Å². The summed E-state index contributed by atoms with van der Waals surface area (Å²) in [7, 11) is 0. The zero-order valence-electron chi connectivity index (χ0n) is 29.1. The molecule has 7 rings (SSSR count). The summed E-state index contributed by atoms with van der Waals surface area (Å²) in [6.45, 7) is 13.1. The molecular weight excluding hydrogens is 784 g/mol. The van der Waals surface area contributed by atoms with Crippen molar-refractivity contribution in [1.29, 1.82) is 0 Å². The van der Waals surface area contributed by atoms with Gasteiger partial charge in [-0.1, -0.05) is 88.5 Å². The molecule has 49 heavy (non-hydrogen) atoms. The van der Waals surface area contributed by atoms with Crippen molar-refractivity contribution in [2.24, 2.45) is 0 Å². The number of pyridine rings is 1. The number of hydrogen-bond acceptors (Lipinski definition) is 3. The van der Waals surface area contributed by atoms with E-state index < -0.39 is 0 Å². The van der Waals surface area contributed by atoms with Crippen LogP contribution in [0.15, 0.2) is 97.2 Å². The first-order chi connectivity index (χ1) is 23.2. The van der Waals surface area contributed by atoms with Gasteiger partial charge in [-0.15, -0.1) is 35.7 Å². The number of unbranched alkanes of at least 4 members (excludes halogenated alkanes) is 2. The van der Waals surface area contributed by atoms with Crippen LogP contribution in [-0.4, -0.2) is 19.3 Å². The van der Waals surface area contributed by atoms with Gasteiger partial charge in [0, 0.05) is 34.5 Å². The quantitative estimate of drug-likeness (QED) is 0.108. The van der Waals surface area contributed by atoms with Gasteiger partial charge in [-0.05, 0) is 78.1 Å². The summed E-state index contributed by atoms with van der Waals surface area (Å²) in [5, 5.41) is 7.22. The van der Waals surface area contributed by atoms with Gasteiger partial charge < -0.3 is 9.30 Å². The maximum absolute atomic E-state index is 6.48. The van der Waals surface area contributed by atoms with Gasteiger partial charge in [0.2, 0.25) is 0 Å². The molecule has 0 saturated carbocycles. The third kappa shape index (κ3) is 6.87. The van der Waals surface area contributed by atoms with E-state index in [1.807, 2.05) is 41.2 Å². The van der Waals surface area contributed by atoms with Crippen molar-refractivity contribution in [3.05, 3.63) is 132 Å². The molecule has 6 heteroatoms. The Bertz CT molecular complexity index is 2240. The maximum atomic E-state index is 6.48. The zero-order valence-corrected chi connectivity index (χ0v) is 31.4. The number of aryl methyl sites for hydroxylation is 2. The summed E-state index contributed by atoms with van der Waals surface area (Å²) < 4.78 is 10.6. The molecule has 5 nitrogen and oxygen atoms in total. The van der Waals surface area contributed by atoms with Crippen molar-refractivity contribution in [3.63, 3.8) is 0 Å². The topological polar surface area (TPSA) is 44.9 Å². The third-order valence-corrected chi connectivity index (χ3v) is 9.18. The minimum atomic E-state index is -0.00490. The predicted octanol–water partition coefficient (Wildman–Crippen LogP) is 11.1. The van der Waals surface area contributed by atoms with Gasteiger partial charge in [0.25, 0.3) is 0 Å². The molecule has 0 spiro atoms. The molecule has 0 saturated heterocycles. The summed E-state index contributed by atoms with van der Waals surface area (Å²) in [6, 6.07) is 38.7. The predicted molar refractivity (Wildman–Crippen MR) is 197 cm³/mol. The Morgan fingerprint density at radius 1 is 0.796 bits per heavy atom. The summed E-state index contributed by atoms with van der Waals surface area (Å²) in [5.41, 5.74) is 9.79. The Balaban J connectivity index is 0.00000417. The molecule has 0 aliphatic carbocycles. The van der Waals surface area contributed by atoms with Gasteiger partial charge in [0.05, 0.1) is 5.69 Å². The van der Waals surface area contributed by atoms with Crippen LogP contribution in [-0.2, 0) is 32.9 Å². The maximum Gasteiger partial charge on any atom is 2.00 e. The molecule has 0 aliphatic rings. The normalized spacial score (nSPS) is 11.6. The van der Waals surface area contributed by atoms with Crippen LogP contribution in [0.25, 0.3) is 44.4 Å². The minimum absolute atomic E-state index is 0. The number of nitrogens with zero attached hydrogens (tertiary/aromatic N) is 4. The van der Waals surface area contributed by atoms with Crippen LogP contribution >= 0.6 is 0 Å². The molecule has 0 atom stereocenters. The molecule has 4 aromatic carbocycles. The van der Waals surface area contributed by atoms with Gasteiger partial charge >= 0.3 is 21.1 Å². The number of ether oxygens (including phenoxy) is 1. The molecule has 7 aromatic rings. The zero-order chi connectivity index (χ0) is 33.4. The molecule has 0 N–H and O–H groups in total. The van der Waals surface area contributed by atoms with Gasteiger partial charge in [0.1, 0.15) is 5.82 Å². The Labute approximate surface area is 304 Å².